The van der Waals surface area contributed by atoms with Crippen LogP contribution in [0, 0.1) is 0 Å². The Labute approximate surface area is 142 Å². The summed E-state index contributed by atoms with van der Waals surface area (Å²) in [7, 11) is 3.03. The summed E-state index contributed by atoms with van der Waals surface area (Å²) in [6.45, 7) is 0. The molecule has 0 unspecified atom stereocenters. The Bertz CT molecular complexity index is 650. The first-order valence-electron chi connectivity index (χ1n) is 5.39. The van der Waals surface area contributed by atoms with Crippen LogP contribution >= 0.6 is 54.8 Å². The molecule has 7 heteroatoms. The van der Waals surface area contributed by atoms with Gasteiger partial charge in [0.2, 0.25) is 5.78 Å². The summed E-state index contributed by atoms with van der Waals surface area (Å²) < 4.78 is 12.0. The number of carbonyl (C=O) groups is 1. The lowest BCUT2D eigenvalue weighted by atomic mass is 10.1. The van der Waals surface area contributed by atoms with Crippen molar-refractivity contribution in [2.24, 2.45) is 0 Å². The zero-order chi connectivity index (χ0) is 14.9. The standard InChI is InChI=1S/C13H9Br2ClO3S/c1-18-9-3-6(8(16)5-10(9)19-2)12(17)11-4-7(14)13(15)20-11/h3-5H,1-2H3. The number of halogens is 3. The predicted octanol–water partition coefficient (Wildman–Crippen LogP) is 5.17. The first-order chi connectivity index (χ1) is 9.47. The Morgan fingerprint density at radius 2 is 1.75 bits per heavy atom. The summed E-state index contributed by atoms with van der Waals surface area (Å²) in [5.74, 6) is 0.796. The maximum absolute atomic E-state index is 12.5. The van der Waals surface area contributed by atoms with Crippen LogP contribution in [0.5, 0.6) is 11.5 Å². The monoisotopic (exact) mass is 438 g/mol. The number of rotatable bonds is 4. The van der Waals surface area contributed by atoms with Crippen molar-refractivity contribution in [3.8, 4) is 11.5 Å². The molecule has 0 atom stereocenters. The average molecular weight is 441 g/mol. The fourth-order valence-electron chi connectivity index (χ4n) is 1.62. The lowest BCUT2D eigenvalue weighted by Gasteiger charge is -2.10. The van der Waals surface area contributed by atoms with Gasteiger partial charge < -0.3 is 9.47 Å². The average Bonchev–Trinajstić information content (AvgIpc) is 2.77. The number of ether oxygens (including phenoxy) is 2. The molecule has 0 aliphatic carbocycles. The number of ketones is 1. The van der Waals surface area contributed by atoms with Crippen molar-refractivity contribution in [3.05, 3.63) is 41.9 Å². The molecule has 0 aliphatic heterocycles. The summed E-state index contributed by atoms with van der Waals surface area (Å²) in [5.41, 5.74) is 0.380. The Kier molecular flexibility index (Phi) is 5.12. The van der Waals surface area contributed by atoms with Gasteiger partial charge in [0.1, 0.15) is 0 Å². The first kappa shape index (κ1) is 15.8. The molecule has 2 rings (SSSR count). The number of carbonyl (C=O) groups excluding carboxylic acids is 1. The van der Waals surface area contributed by atoms with Crippen LogP contribution < -0.4 is 9.47 Å². The molecular weight excluding hydrogens is 431 g/mol. The third-order valence-electron chi connectivity index (χ3n) is 2.59. The van der Waals surface area contributed by atoms with E-state index in [4.69, 9.17) is 21.1 Å². The minimum atomic E-state index is -0.160. The molecule has 3 nitrogen and oxygen atoms in total. The number of hydrogen-bond donors (Lipinski definition) is 0. The van der Waals surface area contributed by atoms with Crippen molar-refractivity contribution in [1.82, 2.24) is 0 Å². The van der Waals surface area contributed by atoms with Crippen LogP contribution in [0.2, 0.25) is 5.02 Å². The molecular formula is C13H9Br2ClO3S. The number of methoxy groups -OCH3 is 2. The van der Waals surface area contributed by atoms with Crippen molar-refractivity contribution < 1.29 is 14.3 Å². The second-order valence-electron chi connectivity index (χ2n) is 3.75. The molecule has 0 fully saturated rings. The van der Waals surface area contributed by atoms with Crippen molar-refractivity contribution in [1.29, 1.82) is 0 Å². The first-order valence-corrected chi connectivity index (χ1v) is 8.17. The molecule has 20 heavy (non-hydrogen) atoms. The molecule has 1 aromatic heterocycles. The molecule has 0 amide bonds. The van der Waals surface area contributed by atoms with E-state index < -0.39 is 0 Å². The smallest absolute Gasteiger partial charge is 0.204 e. The van der Waals surface area contributed by atoms with Crippen molar-refractivity contribution >= 4 is 60.6 Å². The van der Waals surface area contributed by atoms with E-state index in [0.29, 0.717) is 27.0 Å². The minimum Gasteiger partial charge on any atom is -0.493 e. The van der Waals surface area contributed by atoms with Gasteiger partial charge in [-0.15, -0.1) is 11.3 Å². The predicted molar refractivity (Wildman–Crippen MR) is 87.7 cm³/mol. The molecule has 106 valence electrons. The number of thiophene rings is 1. The number of benzene rings is 1. The van der Waals surface area contributed by atoms with Gasteiger partial charge in [-0.25, -0.2) is 0 Å². The van der Waals surface area contributed by atoms with E-state index in [1.807, 2.05) is 0 Å². The lowest BCUT2D eigenvalue weighted by Crippen LogP contribution is -2.01. The van der Waals surface area contributed by atoms with Crippen LogP contribution in [-0.2, 0) is 0 Å². The lowest BCUT2D eigenvalue weighted by molar-refractivity contribution is 0.104. The van der Waals surface area contributed by atoms with E-state index in [2.05, 4.69) is 31.9 Å². The van der Waals surface area contributed by atoms with Gasteiger partial charge in [-0.2, -0.15) is 0 Å². The molecule has 0 radical (unpaired) electrons. The quantitative estimate of drug-likeness (QED) is 0.615. The van der Waals surface area contributed by atoms with E-state index in [9.17, 15) is 4.79 Å². The fourth-order valence-corrected chi connectivity index (χ4v) is 3.85. The van der Waals surface area contributed by atoms with E-state index in [0.717, 1.165) is 8.26 Å². The van der Waals surface area contributed by atoms with Gasteiger partial charge >= 0.3 is 0 Å². The van der Waals surface area contributed by atoms with Crippen molar-refractivity contribution in [3.63, 3.8) is 0 Å². The second kappa shape index (κ2) is 6.47. The third-order valence-corrected chi connectivity index (χ3v) is 6.15. The van der Waals surface area contributed by atoms with Gasteiger partial charge in [-0.3, -0.25) is 4.79 Å². The van der Waals surface area contributed by atoms with Gasteiger partial charge in [-0.05, 0) is 44.0 Å². The van der Waals surface area contributed by atoms with Crippen LogP contribution in [-0.4, -0.2) is 20.0 Å². The Morgan fingerprint density at radius 1 is 1.15 bits per heavy atom. The zero-order valence-corrected chi connectivity index (χ0v) is 15.2. The SMILES string of the molecule is COc1cc(Cl)c(C(=O)c2cc(Br)c(Br)s2)cc1OC. The molecule has 0 aliphatic rings. The molecule has 0 N–H and O–H groups in total. The van der Waals surface area contributed by atoms with E-state index in [-0.39, 0.29) is 5.78 Å². The summed E-state index contributed by atoms with van der Waals surface area (Å²) >= 11 is 14.2. The van der Waals surface area contributed by atoms with Gasteiger partial charge in [0.25, 0.3) is 0 Å². The summed E-state index contributed by atoms with van der Waals surface area (Å²) in [5, 5.41) is 0.327. The Morgan fingerprint density at radius 3 is 2.25 bits per heavy atom. The van der Waals surface area contributed by atoms with Crippen LogP contribution in [0.1, 0.15) is 15.2 Å². The summed E-state index contributed by atoms with van der Waals surface area (Å²) in [6.07, 6.45) is 0. The minimum absolute atomic E-state index is 0.160. The van der Waals surface area contributed by atoms with Crippen molar-refractivity contribution in [2.45, 2.75) is 0 Å². The Hall–Kier alpha value is -0.560. The number of hydrogen-bond acceptors (Lipinski definition) is 4. The Balaban J connectivity index is 2.49. The zero-order valence-electron chi connectivity index (χ0n) is 10.5. The van der Waals surface area contributed by atoms with E-state index >= 15 is 0 Å². The molecule has 2 aromatic rings. The largest absolute Gasteiger partial charge is 0.493 e. The van der Waals surface area contributed by atoms with Gasteiger partial charge in [0.15, 0.2) is 11.5 Å². The van der Waals surface area contributed by atoms with Gasteiger partial charge in [-0.1, -0.05) is 11.6 Å². The molecule has 0 saturated heterocycles. The van der Waals surface area contributed by atoms with Crippen LogP contribution in [0.4, 0.5) is 0 Å². The second-order valence-corrected chi connectivity index (χ2v) is 7.38. The molecule has 1 heterocycles. The normalized spacial score (nSPS) is 10.4. The summed E-state index contributed by atoms with van der Waals surface area (Å²) in [6, 6.07) is 4.92. The highest BCUT2D eigenvalue weighted by atomic mass is 79.9. The highest BCUT2D eigenvalue weighted by Gasteiger charge is 2.19. The van der Waals surface area contributed by atoms with Crippen LogP contribution in [0.25, 0.3) is 0 Å². The highest BCUT2D eigenvalue weighted by Crippen LogP contribution is 2.37. The molecule has 0 saturated carbocycles. The maximum Gasteiger partial charge on any atom is 0.204 e. The third kappa shape index (κ3) is 3.03. The fraction of sp³-hybridized carbons (Fsp3) is 0.154. The van der Waals surface area contributed by atoms with Gasteiger partial charge in [0, 0.05) is 16.1 Å². The topological polar surface area (TPSA) is 35.5 Å². The summed E-state index contributed by atoms with van der Waals surface area (Å²) in [4.78, 5) is 13.1. The van der Waals surface area contributed by atoms with Crippen LogP contribution in [0.15, 0.2) is 26.5 Å². The van der Waals surface area contributed by atoms with E-state index in [1.54, 1.807) is 18.2 Å². The molecule has 0 bridgehead atoms. The molecule has 1 aromatic carbocycles. The van der Waals surface area contributed by atoms with Crippen molar-refractivity contribution in [2.75, 3.05) is 14.2 Å². The van der Waals surface area contributed by atoms with Crippen LogP contribution in [0.3, 0.4) is 0 Å². The van der Waals surface area contributed by atoms with Gasteiger partial charge in [0.05, 0.1) is 27.9 Å². The van der Waals surface area contributed by atoms with E-state index in [1.165, 1.54) is 25.6 Å². The molecule has 0 spiro atoms. The maximum atomic E-state index is 12.5. The highest BCUT2D eigenvalue weighted by molar-refractivity contribution is 9.13.